The summed E-state index contributed by atoms with van der Waals surface area (Å²) in [7, 11) is 0. The van der Waals surface area contributed by atoms with E-state index in [9.17, 15) is 4.79 Å². The number of fused-ring (bicyclic) bond motifs is 1. The van der Waals surface area contributed by atoms with E-state index in [-0.39, 0.29) is 6.42 Å². The van der Waals surface area contributed by atoms with Gasteiger partial charge in [-0.2, -0.15) is 0 Å². The number of furan rings is 1. The van der Waals surface area contributed by atoms with Crippen molar-refractivity contribution in [2.45, 2.75) is 20.3 Å². The Morgan fingerprint density at radius 3 is 2.93 bits per heavy atom. The molecule has 2 aromatic heterocycles. The number of pyridine rings is 1. The maximum atomic E-state index is 10.4. The summed E-state index contributed by atoms with van der Waals surface area (Å²) in [5, 5.41) is 9.35. The summed E-state index contributed by atoms with van der Waals surface area (Å²) in [6, 6.07) is 3.55. The average Bonchev–Trinajstić information content (AvgIpc) is 2.64. The lowest BCUT2D eigenvalue weighted by Gasteiger charge is -1.90. The second-order valence-corrected chi connectivity index (χ2v) is 2.69. The van der Waals surface area contributed by atoms with Crippen LogP contribution in [0.25, 0.3) is 11.1 Å². The molecule has 1 N–H and O–H groups in total. The van der Waals surface area contributed by atoms with Gasteiger partial charge in [0.1, 0.15) is 0 Å². The molecule has 2 rings (SSSR count). The number of aromatic nitrogens is 1. The molecule has 80 valence electrons. The summed E-state index contributed by atoms with van der Waals surface area (Å²) in [5.74, 6) is -0.869. The van der Waals surface area contributed by atoms with Gasteiger partial charge in [0.25, 0.3) is 0 Å². The topological polar surface area (TPSA) is 63.3 Å². The van der Waals surface area contributed by atoms with Crippen LogP contribution in [0.4, 0.5) is 0 Å². The van der Waals surface area contributed by atoms with Crippen molar-refractivity contribution in [1.29, 1.82) is 0 Å². The molecule has 0 aliphatic carbocycles. The van der Waals surface area contributed by atoms with Crippen molar-refractivity contribution in [2.24, 2.45) is 0 Å². The lowest BCUT2D eigenvalue weighted by Crippen LogP contribution is -1.98. The molecular weight excluding hydrogens is 194 g/mol. The van der Waals surface area contributed by atoms with Crippen LogP contribution >= 0.6 is 0 Å². The first kappa shape index (κ1) is 11.2. The smallest absolute Gasteiger partial charge is 0.307 e. The highest BCUT2D eigenvalue weighted by Crippen LogP contribution is 2.18. The zero-order chi connectivity index (χ0) is 11.3. The van der Waals surface area contributed by atoms with E-state index in [1.54, 1.807) is 18.3 Å². The summed E-state index contributed by atoms with van der Waals surface area (Å²) in [5.41, 5.74) is 1.15. The van der Waals surface area contributed by atoms with E-state index >= 15 is 0 Å². The number of carbonyl (C=O) groups is 1. The molecular formula is C11H13NO3. The minimum absolute atomic E-state index is 0.0291. The van der Waals surface area contributed by atoms with E-state index in [0.717, 1.165) is 5.39 Å². The zero-order valence-electron chi connectivity index (χ0n) is 8.73. The molecule has 4 nitrogen and oxygen atoms in total. The lowest BCUT2D eigenvalue weighted by atomic mass is 10.2. The number of rotatable bonds is 2. The number of aliphatic carboxylic acids is 1. The molecule has 2 heterocycles. The van der Waals surface area contributed by atoms with Crippen molar-refractivity contribution in [3.8, 4) is 0 Å². The third-order valence-electron chi connectivity index (χ3n) is 1.77. The maximum Gasteiger partial charge on any atom is 0.307 e. The van der Waals surface area contributed by atoms with Gasteiger partial charge in [-0.25, -0.2) is 4.98 Å². The van der Waals surface area contributed by atoms with E-state index in [1.165, 1.54) is 6.26 Å². The lowest BCUT2D eigenvalue weighted by molar-refractivity contribution is -0.136. The number of carboxylic acids is 1. The average molecular weight is 207 g/mol. The Hall–Kier alpha value is -1.84. The Labute approximate surface area is 87.5 Å². The van der Waals surface area contributed by atoms with Crippen LogP contribution in [0.1, 0.15) is 19.4 Å². The fraction of sp³-hybridized carbons (Fsp3) is 0.273. The molecule has 0 aliphatic rings. The first-order valence-corrected chi connectivity index (χ1v) is 4.80. The van der Waals surface area contributed by atoms with Crippen LogP contribution in [-0.4, -0.2) is 16.1 Å². The van der Waals surface area contributed by atoms with E-state index in [2.05, 4.69) is 4.98 Å². The van der Waals surface area contributed by atoms with Crippen LogP contribution in [0.3, 0.4) is 0 Å². The predicted octanol–water partition coefficient (Wildman–Crippen LogP) is 2.48. The molecule has 0 unspecified atom stereocenters. The monoisotopic (exact) mass is 207 g/mol. The highest BCUT2D eigenvalue weighted by molar-refractivity contribution is 5.82. The molecule has 4 heteroatoms. The minimum atomic E-state index is -0.869. The first-order chi connectivity index (χ1) is 7.27. The van der Waals surface area contributed by atoms with Crippen LogP contribution in [0.2, 0.25) is 0 Å². The third-order valence-corrected chi connectivity index (χ3v) is 1.77. The minimum Gasteiger partial charge on any atom is -0.481 e. The van der Waals surface area contributed by atoms with Crippen molar-refractivity contribution in [3.63, 3.8) is 0 Å². The van der Waals surface area contributed by atoms with Crippen molar-refractivity contribution in [1.82, 2.24) is 4.98 Å². The van der Waals surface area contributed by atoms with Gasteiger partial charge in [0.2, 0.25) is 5.71 Å². The molecule has 0 radical (unpaired) electrons. The molecule has 0 fully saturated rings. The van der Waals surface area contributed by atoms with Gasteiger partial charge in [0.05, 0.1) is 12.7 Å². The molecule has 2 aromatic rings. The molecule has 15 heavy (non-hydrogen) atoms. The van der Waals surface area contributed by atoms with Crippen LogP contribution in [0.5, 0.6) is 0 Å². The Bertz CT molecular complexity index is 448. The van der Waals surface area contributed by atoms with E-state index in [1.807, 2.05) is 13.8 Å². The van der Waals surface area contributed by atoms with Crippen molar-refractivity contribution < 1.29 is 14.3 Å². The summed E-state index contributed by atoms with van der Waals surface area (Å²) in [6.45, 7) is 4.00. The van der Waals surface area contributed by atoms with Gasteiger partial charge in [0.15, 0.2) is 0 Å². The van der Waals surface area contributed by atoms with Gasteiger partial charge in [-0.3, -0.25) is 4.79 Å². The molecule has 0 atom stereocenters. The Balaban J connectivity index is 0.000000531. The molecule has 0 aliphatic heterocycles. The molecule has 0 saturated heterocycles. The van der Waals surface area contributed by atoms with Crippen molar-refractivity contribution in [3.05, 3.63) is 30.2 Å². The molecule has 0 amide bonds. The quantitative estimate of drug-likeness (QED) is 0.821. The fourth-order valence-electron chi connectivity index (χ4n) is 1.22. The van der Waals surface area contributed by atoms with Crippen molar-refractivity contribution >= 4 is 17.1 Å². The second kappa shape index (κ2) is 5.14. The van der Waals surface area contributed by atoms with E-state index in [4.69, 9.17) is 9.52 Å². The van der Waals surface area contributed by atoms with Crippen LogP contribution in [-0.2, 0) is 11.2 Å². The van der Waals surface area contributed by atoms with Gasteiger partial charge in [-0.1, -0.05) is 13.8 Å². The molecule has 0 spiro atoms. The van der Waals surface area contributed by atoms with E-state index in [0.29, 0.717) is 11.3 Å². The van der Waals surface area contributed by atoms with E-state index < -0.39 is 5.97 Å². The van der Waals surface area contributed by atoms with Crippen molar-refractivity contribution in [2.75, 3.05) is 0 Å². The number of hydrogen-bond acceptors (Lipinski definition) is 3. The largest absolute Gasteiger partial charge is 0.481 e. The highest BCUT2D eigenvalue weighted by atomic mass is 16.4. The summed E-state index contributed by atoms with van der Waals surface area (Å²) < 4.78 is 5.08. The summed E-state index contributed by atoms with van der Waals surface area (Å²) in [6.07, 6.45) is 3.01. The van der Waals surface area contributed by atoms with Gasteiger partial charge in [-0.05, 0) is 12.1 Å². The summed E-state index contributed by atoms with van der Waals surface area (Å²) >= 11 is 0. The molecule has 0 bridgehead atoms. The van der Waals surface area contributed by atoms with Gasteiger partial charge < -0.3 is 9.52 Å². The van der Waals surface area contributed by atoms with Crippen LogP contribution < -0.4 is 0 Å². The first-order valence-electron chi connectivity index (χ1n) is 4.80. The van der Waals surface area contributed by atoms with Gasteiger partial charge >= 0.3 is 5.97 Å². The van der Waals surface area contributed by atoms with Gasteiger partial charge in [0, 0.05) is 17.1 Å². The predicted molar refractivity (Wildman–Crippen MR) is 56.7 cm³/mol. The Morgan fingerprint density at radius 2 is 2.27 bits per heavy atom. The third kappa shape index (κ3) is 2.56. The normalized spacial score (nSPS) is 9.47. The SMILES string of the molecule is CC.O=C(O)Cc1coc2ncccc12. The van der Waals surface area contributed by atoms with Crippen LogP contribution in [0.15, 0.2) is 29.0 Å². The zero-order valence-corrected chi connectivity index (χ0v) is 8.73. The Morgan fingerprint density at radius 1 is 1.53 bits per heavy atom. The fourth-order valence-corrected chi connectivity index (χ4v) is 1.22. The van der Waals surface area contributed by atoms with Gasteiger partial charge in [-0.15, -0.1) is 0 Å². The summed E-state index contributed by atoms with van der Waals surface area (Å²) in [4.78, 5) is 14.4. The molecule has 0 aromatic carbocycles. The second-order valence-electron chi connectivity index (χ2n) is 2.69. The number of nitrogens with zero attached hydrogens (tertiary/aromatic N) is 1. The number of carboxylic acid groups (broad SMARTS) is 1. The highest BCUT2D eigenvalue weighted by Gasteiger charge is 2.08. The maximum absolute atomic E-state index is 10.4. The number of hydrogen-bond donors (Lipinski definition) is 1. The Kier molecular flexibility index (Phi) is 3.85. The molecule has 0 saturated carbocycles. The standard InChI is InChI=1S/C9H7NO3.C2H6/c11-8(12)4-6-5-13-9-7(6)2-1-3-10-9;1-2/h1-3,5H,4H2,(H,11,12);1-2H3. The van der Waals surface area contributed by atoms with Crippen LogP contribution in [0, 0.1) is 0 Å².